The van der Waals surface area contributed by atoms with Crippen LogP contribution in [0.3, 0.4) is 0 Å². The van der Waals surface area contributed by atoms with Crippen LogP contribution in [0, 0.1) is 6.92 Å². The normalized spacial score (nSPS) is 10.1. The van der Waals surface area contributed by atoms with Gasteiger partial charge in [0.2, 0.25) is 0 Å². The zero-order valence-electron chi connectivity index (χ0n) is 11.2. The third kappa shape index (κ3) is 3.71. The number of aromatic nitrogens is 1. The van der Waals surface area contributed by atoms with Gasteiger partial charge in [0.05, 0.1) is 5.69 Å². The second-order valence-corrected chi connectivity index (χ2v) is 4.30. The molecule has 1 heterocycles. The van der Waals surface area contributed by atoms with Crippen LogP contribution >= 0.6 is 0 Å². The highest BCUT2D eigenvalue weighted by Gasteiger charge is 2.09. The number of hydrogen-bond donors (Lipinski definition) is 2. The van der Waals surface area contributed by atoms with Crippen LogP contribution < -0.4 is 10.1 Å². The Morgan fingerprint density at radius 1 is 1.35 bits per heavy atom. The summed E-state index contributed by atoms with van der Waals surface area (Å²) in [5.41, 5.74) is 1.65. The molecular weight excluding hydrogens is 256 g/mol. The van der Waals surface area contributed by atoms with Crippen molar-refractivity contribution >= 4 is 11.7 Å². The summed E-state index contributed by atoms with van der Waals surface area (Å²) in [6.45, 7) is 2.94. The van der Waals surface area contributed by atoms with Crippen LogP contribution in [0.5, 0.6) is 5.75 Å². The second kappa shape index (κ2) is 6.56. The van der Waals surface area contributed by atoms with Gasteiger partial charge in [-0.05, 0) is 36.8 Å². The van der Waals surface area contributed by atoms with Crippen molar-refractivity contribution in [2.45, 2.75) is 6.92 Å². The maximum atomic E-state index is 11.0. The summed E-state index contributed by atoms with van der Waals surface area (Å²) in [5, 5.41) is 12.0. The molecule has 0 unspecified atom stereocenters. The molecule has 0 amide bonds. The van der Waals surface area contributed by atoms with E-state index >= 15 is 0 Å². The number of anilines is 1. The van der Waals surface area contributed by atoms with E-state index in [0.29, 0.717) is 18.8 Å². The molecule has 20 heavy (non-hydrogen) atoms. The van der Waals surface area contributed by atoms with Gasteiger partial charge >= 0.3 is 5.97 Å². The Morgan fingerprint density at radius 2 is 2.20 bits per heavy atom. The van der Waals surface area contributed by atoms with Crippen LogP contribution in [0.4, 0.5) is 5.69 Å². The molecule has 2 rings (SSSR count). The fraction of sp³-hybridized carbons (Fsp3) is 0.200. The molecule has 0 saturated carbocycles. The molecule has 1 aromatic carbocycles. The first-order chi connectivity index (χ1) is 9.66. The van der Waals surface area contributed by atoms with Crippen LogP contribution in [0.15, 0.2) is 42.6 Å². The van der Waals surface area contributed by atoms with Crippen molar-refractivity contribution < 1.29 is 14.6 Å². The summed E-state index contributed by atoms with van der Waals surface area (Å²) >= 11 is 0. The van der Waals surface area contributed by atoms with E-state index in [9.17, 15) is 4.79 Å². The smallest absolute Gasteiger partial charge is 0.356 e. The largest absolute Gasteiger partial charge is 0.492 e. The summed E-state index contributed by atoms with van der Waals surface area (Å²) in [4.78, 5) is 14.8. The van der Waals surface area contributed by atoms with Crippen LogP contribution in [0.1, 0.15) is 16.1 Å². The number of nitrogens with zero attached hydrogens (tertiary/aromatic N) is 1. The third-order valence-electron chi connectivity index (χ3n) is 2.69. The van der Waals surface area contributed by atoms with E-state index in [1.165, 1.54) is 6.20 Å². The molecule has 104 valence electrons. The lowest BCUT2D eigenvalue weighted by atomic mass is 10.2. The minimum absolute atomic E-state index is 0.0167. The predicted octanol–water partition coefficient (Wildman–Crippen LogP) is 2.58. The minimum Gasteiger partial charge on any atom is -0.492 e. The van der Waals surface area contributed by atoms with Gasteiger partial charge < -0.3 is 15.2 Å². The first kappa shape index (κ1) is 13.9. The van der Waals surface area contributed by atoms with Gasteiger partial charge in [0.1, 0.15) is 12.4 Å². The molecule has 0 atom stereocenters. The molecule has 0 fully saturated rings. The lowest BCUT2D eigenvalue weighted by Gasteiger charge is -2.10. The fourth-order valence-corrected chi connectivity index (χ4v) is 1.78. The van der Waals surface area contributed by atoms with Crippen molar-refractivity contribution in [2.24, 2.45) is 0 Å². The van der Waals surface area contributed by atoms with Crippen molar-refractivity contribution in [3.8, 4) is 5.75 Å². The molecule has 0 spiro atoms. The van der Waals surface area contributed by atoms with Gasteiger partial charge in [0.15, 0.2) is 5.69 Å². The lowest BCUT2D eigenvalue weighted by Crippen LogP contribution is -2.14. The van der Waals surface area contributed by atoms with Crippen molar-refractivity contribution in [3.05, 3.63) is 53.9 Å². The molecule has 0 saturated heterocycles. The monoisotopic (exact) mass is 272 g/mol. The highest BCUT2D eigenvalue weighted by Crippen LogP contribution is 2.13. The Hall–Kier alpha value is -2.56. The molecule has 2 N–H and O–H groups in total. The third-order valence-corrected chi connectivity index (χ3v) is 2.69. The number of aromatic carboxylic acids is 1. The highest BCUT2D eigenvalue weighted by atomic mass is 16.5. The number of ether oxygens (including phenoxy) is 1. The number of carbonyl (C=O) groups is 1. The number of nitrogens with one attached hydrogen (secondary N) is 1. The number of hydrogen-bond acceptors (Lipinski definition) is 4. The van der Waals surface area contributed by atoms with Crippen molar-refractivity contribution in [3.63, 3.8) is 0 Å². The van der Waals surface area contributed by atoms with E-state index in [1.807, 2.05) is 31.2 Å². The SMILES string of the molecule is Cc1cccc(OCCNc2cccnc2C(=O)O)c1. The molecule has 2 aromatic rings. The number of carboxylic acid groups (broad SMARTS) is 1. The van der Waals surface area contributed by atoms with E-state index in [0.717, 1.165) is 11.3 Å². The van der Waals surface area contributed by atoms with E-state index in [2.05, 4.69) is 10.3 Å². The molecular formula is C15H16N2O3. The zero-order chi connectivity index (χ0) is 14.4. The van der Waals surface area contributed by atoms with Gasteiger partial charge in [-0.3, -0.25) is 0 Å². The maximum absolute atomic E-state index is 11.0. The highest BCUT2D eigenvalue weighted by molar-refractivity contribution is 5.91. The second-order valence-electron chi connectivity index (χ2n) is 4.30. The summed E-state index contributed by atoms with van der Waals surface area (Å²) < 4.78 is 5.58. The van der Waals surface area contributed by atoms with Gasteiger partial charge in [-0.1, -0.05) is 12.1 Å². The standard InChI is InChI=1S/C15H16N2O3/c1-11-4-2-5-12(10-11)20-9-8-16-13-6-3-7-17-14(13)15(18)19/h2-7,10,16H,8-9H2,1H3,(H,18,19). The Labute approximate surface area is 117 Å². The lowest BCUT2D eigenvalue weighted by molar-refractivity contribution is 0.0691. The predicted molar refractivity (Wildman–Crippen MR) is 76.4 cm³/mol. The van der Waals surface area contributed by atoms with Gasteiger partial charge in [-0.2, -0.15) is 0 Å². The number of benzene rings is 1. The summed E-state index contributed by atoms with van der Waals surface area (Å²) in [7, 11) is 0. The molecule has 0 aliphatic rings. The van der Waals surface area contributed by atoms with Gasteiger partial charge in [0.25, 0.3) is 0 Å². The van der Waals surface area contributed by atoms with Crippen LogP contribution in [0.25, 0.3) is 0 Å². The number of rotatable bonds is 6. The van der Waals surface area contributed by atoms with E-state index < -0.39 is 5.97 Å². The fourth-order valence-electron chi connectivity index (χ4n) is 1.78. The molecule has 0 bridgehead atoms. The first-order valence-electron chi connectivity index (χ1n) is 6.28. The van der Waals surface area contributed by atoms with Crippen LogP contribution in [0.2, 0.25) is 0 Å². The minimum atomic E-state index is -1.05. The zero-order valence-corrected chi connectivity index (χ0v) is 11.2. The van der Waals surface area contributed by atoms with E-state index in [1.54, 1.807) is 12.1 Å². The number of aryl methyl sites for hydroxylation is 1. The molecule has 1 aromatic heterocycles. The molecule has 0 aliphatic heterocycles. The topological polar surface area (TPSA) is 71.5 Å². The Morgan fingerprint density at radius 3 is 2.95 bits per heavy atom. The maximum Gasteiger partial charge on any atom is 0.356 e. The Bertz CT molecular complexity index is 599. The summed E-state index contributed by atoms with van der Waals surface area (Å²) in [5.74, 6) is -0.246. The average Bonchev–Trinajstić information content (AvgIpc) is 2.44. The molecule has 0 aliphatic carbocycles. The van der Waals surface area contributed by atoms with E-state index in [-0.39, 0.29) is 5.69 Å². The number of pyridine rings is 1. The van der Waals surface area contributed by atoms with Crippen molar-refractivity contribution in [2.75, 3.05) is 18.5 Å². The van der Waals surface area contributed by atoms with Crippen molar-refractivity contribution in [1.29, 1.82) is 0 Å². The first-order valence-corrected chi connectivity index (χ1v) is 6.28. The molecule has 0 radical (unpaired) electrons. The Balaban J connectivity index is 1.86. The summed E-state index contributed by atoms with van der Waals surface area (Å²) in [6.07, 6.45) is 1.46. The van der Waals surface area contributed by atoms with Crippen molar-refractivity contribution in [1.82, 2.24) is 4.98 Å². The molecule has 5 heteroatoms. The number of carboxylic acids is 1. The Kier molecular flexibility index (Phi) is 4.55. The average molecular weight is 272 g/mol. The van der Waals surface area contributed by atoms with E-state index in [4.69, 9.17) is 9.84 Å². The van der Waals surface area contributed by atoms with Gasteiger partial charge in [0, 0.05) is 12.7 Å². The quantitative estimate of drug-likeness (QED) is 0.791. The van der Waals surface area contributed by atoms with Gasteiger partial charge in [-0.25, -0.2) is 9.78 Å². The van der Waals surface area contributed by atoms with Crippen LogP contribution in [-0.4, -0.2) is 29.2 Å². The molecule has 5 nitrogen and oxygen atoms in total. The van der Waals surface area contributed by atoms with Crippen LogP contribution in [-0.2, 0) is 0 Å². The summed E-state index contributed by atoms with van der Waals surface area (Å²) in [6, 6.07) is 11.1. The van der Waals surface area contributed by atoms with Gasteiger partial charge in [-0.15, -0.1) is 0 Å².